The van der Waals surface area contributed by atoms with E-state index in [1.807, 2.05) is 27.7 Å². The SMILES string of the molecule is CCNC(=NCCc1nc(C(C)C)no1)NC1CCC(C(=O)OCC)CC1. The molecule has 0 aliphatic heterocycles. The summed E-state index contributed by atoms with van der Waals surface area (Å²) in [6, 6.07) is 0.324. The van der Waals surface area contributed by atoms with Crippen molar-refractivity contribution in [2.75, 3.05) is 19.7 Å². The van der Waals surface area contributed by atoms with E-state index in [2.05, 4.69) is 25.8 Å². The topological polar surface area (TPSA) is 102 Å². The van der Waals surface area contributed by atoms with Gasteiger partial charge >= 0.3 is 5.97 Å². The number of carbonyl (C=O) groups is 1. The first-order valence-electron chi connectivity index (χ1n) is 10.1. The van der Waals surface area contributed by atoms with Gasteiger partial charge in [0, 0.05) is 24.9 Å². The zero-order chi connectivity index (χ0) is 19.6. The Bertz CT molecular complexity index is 606. The first-order valence-corrected chi connectivity index (χ1v) is 10.1. The molecule has 1 aromatic heterocycles. The Kier molecular flexibility index (Phi) is 8.54. The number of nitrogens with one attached hydrogen (secondary N) is 2. The monoisotopic (exact) mass is 379 g/mol. The maximum Gasteiger partial charge on any atom is 0.308 e. The third-order valence-electron chi connectivity index (χ3n) is 4.63. The molecule has 2 rings (SSSR count). The second-order valence-electron chi connectivity index (χ2n) is 7.16. The van der Waals surface area contributed by atoms with Crippen molar-refractivity contribution in [2.45, 2.75) is 71.8 Å². The highest BCUT2D eigenvalue weighted by molar-refractivity contribution is 5.80. The summed E-state index contributed by atoms with van der Waals surface area (Å²) in [5.41, 5.74) is 0. The predicted molar refractivity (Wildman–Crippen MR) is 104 cm³/mol. The Morgan fingerprint density at radius 2 is 2.04 bits per heavy atom. The number of esters is 1. The standard InChI is InChI=1S/C19H33N5O3/c1-5-20-19(21-12-11-16-23-17(13(3)4)24-27-16)22-15-9-7-14(8-10-15)18(25)26-6-2/h13-15H,5-12H2,1-4H3,(H2,20,21,22). The Labute approximate surface area is 161 Å². The Morgan fingerprint density at radius 1 is 1.30 bits per heavy atom. The lowest BCUT2D eigenvalue weighted by Crippen LogP contribution is -2.45. The Morgan fingerprint density at radius 3 is 2.63 bits per heavy atom. The normalized spacial score (nSPS) is 20.6. The molecule has 0 atom stereocenters. The molecule has 0 spiro atoms. The highest BCUT2D eigenvalue weighted by Crippen LogP contribution is 2.25. The third kappa shape index (κ3) is 6.84. The first kappa shape index (κ1) is 21.2. The molecule has 2 N–H and O–H groups in total. The van der Waals surface area contributed by atoms with Crippen molar-refractivity contribution >= 4 is 11.9 Å². The maximum atomic E-state index is 11.9. The number of guanidine groups is 1. The van der Waals surface area contributed by atoms with Crippen LogP contribution in [0, 0.1) is 5.92 Å². The molecule has 0 saturated heterocycles. The average molecular weight is 380 g/mol. The molecule has 152 valence electrons. The van der Waals surface area contributed by atoms with Crippen molar-refractivity contribution < 1.29 is 14.1 Å². The summed E-state index contributed by atoms with van der Waals surface area (Å²) >= 11 is 0. The van der Waals surface area contributed by atoms with Crippen molar-refractivity contribution in [1.29, 1.82) is 0 Å². The molecule has 0 amide bonds. The Hall–Kier alpha value is -2.12. The van der Waals surface area contributed by atoms with Gasteiger partial charge in [-0.3, -0.25) is 9.79 Å². The number of rotatable bonds is 8. The lowest BCUT2D eigenvalue weighted by molar-refractivity contribution is -0.149. The van der Waals surface area contributed by atoms with E-state index in [9.17, 15) is 4.79 Å². The predicted octanol–water partition coefficient (Wildman–Crippen LogP) is 2.41. The molecular formula is C19H33N5O3. The van der Waals surface area contributed by atoms with Gasteiger partial charge in [-0.15, -0.1) is 0 Å². The minimum Gasteiger partial charge on any atom is -0.466 e. The molecule has 1 heterocycles. The molecule has 0 radical (unpaired) electrons. The molecule has 1 fully saturated rings. The molecule has 8 nitrogen and oxygen atoms in total. The van der Waals surface area contributed by atoms with Crippen LogP contribution in [0.3, 0.4) is 0 Å². The van der Waals surface area contributed by atoms with Gasteiger partial charge in [-0.25, -0.2) is 0 Å². The number of hydrogen-bond acceptors (Lipinski definition) is 6. The number of aromatic nitrogens is 2. The summed E-state index contributed by atoms with van der Waals surface area (Å²) in [7, 11) is 0. The van der Waals surface area contributed by atoms with Gasteiger partial charge in [0.25, 0.3) is 0 Å². The van der Waals surface area contributed by atoms with Crippen LogP contribution in [0.4, 0.5) is 0 Å². The zero-order valence-electron chi connectivity index (χ0n) is 17.0. The summed E-state index contributed by atoms with van der Waals surface area (Å²) in [5, 5.41) is 10.7. The Balaban J connectivity index is 1.80. The summed E-state index contributed by atoms with van der Waals surface area (Å²) < 4.78 is 10.4. The zero-order valence-corrected chi connectivity index (χ0v) is 17.0. The van der Waals surface area contributed by atoms with Crippen LogP contribution in [0.2, 0.25) is 0 Å². The average Bonchev–Trinajstić information content (AvgIpc) is 3.12. The second-order valence-corrected chi connectivity index (χ2v) is 7.16. The molecule has 1 aromatic rings. The lowest BCUT2D eigenvalue weighted by atomic mass is 9.86. The van der Waals surface area contributed by atoms with Crippen LogP contribution in [0.5, 0.6) is 0 Å². The van der Waals surface area contributed by atoms with Crippen LogP contribution < -0.4 is 10.6 Å². The minimum absolute atomic E-state index is 0.0372. The van der Waals surface area contributed by atoms with Crippen LogP contribution in [0.1, 0.15) is 71.0 Å². The smallest absolute Gasteiger partial charge is 0.308 e. The molecule has 1 saturated carbocycles. The van der Waals surface area contributed by atoms with Crippen LogP contribution in [0.25, 0.3) is 0 Å². The van der Waals surface area contributed by atoms with Gasteiger partial charge in [0.15, 0.2) is 11.8 Å². The molecule has 1 aliphatic carbocycles. The van der Waals surface area contributed by atoms with E-state index in [0.29, 0.717) is 31.5 Å². The highest BCUT2D eigenvalue weighted by atomic mass is 16.5. The van der Waals surface area contributed by atoms with Gasteiger partial charge < -0.3 is 19.9 Å². The number of carbonyl (C=O) groups excluding carboxylic acids is 1. The van der Waals surface area contributed by atoms with Crippen molar-refractivity contribution in [1.82, 2.24) is 20.8 Å². The summed E-state index contributed by atoms with van der Waals surface area (Å²) in [5.74, 6) is 2.38. The lowest BCUT2D eigenvalue weighted by Gasteiger charge is -2.29. The van der Waals surface area contributed by atoms with Crippen molar-refractivity contribution in [3.8, 4) is 0 Å². The van der Waals surface area contributed by atoms with E-state index in [1.165, 1.54) is 0 Å². The minimum atomic E-state index is -0.0585. The van der Waals surface area contributed by atoms with Crippen molar-refractivity contribution in [3.05, 3.63) is 11.7 Å². The van der Waals surface area contributed by atoms with Gasteiger partial charge in [0.05, 0.1) is 19.1 Å². The molecule has 0 bridgehead atoms. The van der Waals surface area contributed by atoms with Crippen molar-refractivity contribution in [2.24, 2.45) is 10.9 Å². The fraction of sp³-hybridized carbons (Fsp3) is 0.789. The van der Waals surface area contributed by atoms with Crippen molar-refractivity contribution in [3.63, 3.8) is 0 Å². The molecule has 1 aliphatic rings. The summed E-state index contributed by atoms with van der Waals surface area (Å²) in [6.07, 6.45) is 4.21. The van der Waals surface area contributed by atoms with Crippen LogP contribution in [-0.2, 0) is 16.0 Å². The second kappa shape index (κ2) is 10.9. The van der Waals surface area contributed by atoms with E-state index in [4.69, 9.17) is 9.26 Å². The number of hydrogen-bond donors (Lipinski definition) is 2. The fourth-order valence-electron chi connectivity index (χ4n) is 3.11. The first-order chi connectivity index (χ1) is 13.0. The molecular weight excluding hydrogens is 346 g/mol. The third-order valence-corrected chi connectivity index (χ3v) is 4.63. The van der Waals surface area contributed by atoms with Gasteiger partial charge in [0.2, 0.25) is 5.89 Å². The van der Waals surface area contributed by atoms with E-state index < -0.39 is 0 Å². The number of aliphatic imine (C=N–C) groups is 1. The molecule has 0 unspecified atom stereocenters. The fourth-order valence-corrected chi connectivity index (χ4v) is 3.11. The van der Waals surface area contributed by atoms with E-state index in [-0.39, 0.29) is 17.8 Å². The number of nitrogens with zero attached hydrogens (tertiary/aromatic N) is 3. The van der Waals surface area contributed by atoms with Gasteiger partial charge in [-0.05, 0) is 39.5 Å². The number of ether oxygens (including phenoxy) is 1. The van der Waals surface area contributed by atoms with Gasteiger partial charge in [-0.1, -0.05) is 19.0 Å². The molecule has 0 aromatic carbocycles. The maximum absolute atomic E-state index is 11.9. The quantitative estimate of drug-likeness (QED) is 0.406. The van der Waals surface area contributed by atoms with Crippen LogP contribution >= 0.6 is 0 Å². The van der Waals surface area contributed by atoms with Gasteiger partial charge in [0.1, 0.15) is 0 Å². The summed E-state index contributed by atoms with van der Waals surface area (Å²) in [6.45, 7) is 9.79. The van der Waals surface area contributed by atoms with E-state index >= 15 is 0 Å². The van der Waals surface area contributed by atoms with Gasteiger partial charge in [-0.2, -0.15) is 4.98 Å². The van der Waals surface area contributed by atoms with Crippen LogP contribution in [0.15, 0.2) is 9.52 Å². The highest BCUT2D eigenvalue weighted by Gasteiger charge is 2.27. The summed E-state index contributed by atoms with van der Waals surface area (Å²) in [4.78, 5) is 20.8. The largest absolute Gasteiger partial charge is 0.466 e. The van der Waals surface area contributed by atoms with E-state index in [0.717, 1.165) is 44.0 Å². The van der Waals surface area contributed by atoms with Crippen LogP contribution in [-0.4, -0.2) is 47.8 Å². The van der Waals surface area contributed by atoms with E-state index in [1.54, 1.807) is 0 Å². The molecule has 27 heavy (non-hydrogen) atoms. The molecule has 8 heteroatoms.